The summed E-state index contributed by atoms with van der Waals surface area (Å²) in [6, 6.07) is 11.7. The molecule has 0 saturated heterocycles. The Morgan fingerprint density at radius 2 is 1.81 bits per heavy atom. The molecule has 5 heteroatoms. The maximum absolute atomic E-state index is 12.0. The third-order valence-corrected chi connectivity index (χ3v) is 4.86. The number of rotatable bonds is 7. The quantitative estimate of drug-likeness (QED) is 0.825. The number of aromatic amines is 1. The fourth-order valence-corrected chi connectivity index (χ4v) is 3.41. The van der Waals surface area contributed by atoms with Crippen LogP contribution >= 0.6 is 0 Å². The van der Waals surface area contributed by atoms with Crippen LogP contribution in [-0.2, 0) is 22.9 Å². The van der Waals surface area contributed by atoms with Crippen molar-refractivity contribution in [3.8, 4) is 0 Å². The largest absolute Gasteiger partial charge is 0.362 e. The first kappa shape index (κ1) is 15.8. The van der Waals surface area contributed by atoms with Gasteiger partial charge in [-0.05, 0) is 43.9 Å². The highest BCUT2D eigenvalue weighted by atomic mass is 32.2. The van der Waals surface area contributed by atoms with Crippen LogP contribution in [0, 0.1) is 13.8 Å². The molecule has 0 atom stereocenters. The van der Waals surface area contributed by atoms with E-state index in [-0.39, 0.29) is 5.75 Å². The minimum absolute atomic E-state index is 0.127. The summed E-state index contributed by atoms with van der Waals surface area (Å²) in [5.74, 6) is 0.127. The molecule has 2 rings (SSSR count). The second-order valence-electron chi connectivity index (χ2n) is 5.30. The summed E-state index contributed by atoms with van der Waals surface area (Å²) < 4.78 is 26.6. The number of sulfonamides is 1. The van der Waals surface area contributed by atoms with Gasteiger partial charge in [-0.25, -0.2) is 13.1 Å². The van der Waals surface area contributed by atoms with Crippen LogP contribution in [0.2, 0.25) is 0 Å². The van der Waals surface area contributed by atoms with Crippen LogP contribution in [0.15, 0.2) is 36.4 Å². The molecule has 114 valence electrons. The summed E-state index contributed by atoms with van der Waals surface area (Å²) in [6.45, 7) is 4.45. The second kappa shape index (κ2) is 6.91. The highest BCUT2D eigenvalue weighted by Gasteiger charge is 2.10. The molecule has 0 aliphatic heterocycles. The molecule has 0 bridgehead atoms. The molecule has 0 spiro atoms. The molecule has 0 saturated carbocycles. The van der Waals surface area contributed by atoms with Gasteiger partial charge in [0.15, 0.2) is 0 Å². The molecule has 4 nitrogen and oxygen atoms in total. The lowest BCUT2D eigenvalue weighted by Gasteiger charge is -2.07. The summed E-state index contributed by atoms with van der Waals surface area (Å²) in [5, 5.41) is 0. The molecule has 2 aromatic rings. The van der Waals surface area contributed by atoms with E-state index in [4.69, 9.17) is 0 Å². The van der Waals surface area contributed by atoms with E-state index < -0.39 is 10.0 Å². The van der Waals surface area contributed by atoms with Crippen molar-refractivity contribution in [2.45, 2.75) is 26.7 Å². The van der Waals surface area contributed by atoms with Gasteiger partial charge in [0.05, 0.1) is 5.75 Å². The lowest BCUT2D eigenvalue weighted by molar-refractivity contribution is 0.581. The lowest BCUT2D eigenvalue weighted by atomic mass is 10.2. The predicted octanol–water partition coefficient (Wildman–Crippen LogP) is 2.34. The Labute approximate surface area is 126 Å². The Kier molecular flexibility index (Phi) is 5.20. The van der Waals surface area contributed by atoms with E-state index in [1.807, 2.05) is 44.2 Å². The summed E-state index contributed by atoms with van der Waals surface area (Å²) >= 11 is 0. The van der Waals surface area contributed by atoms with Gasteiger partial charge in [-0.2, -0.15) is 0 Å². The Bertz CT molecular complexity index is 676. The van der Waals surface area contributed by atoms with Gasteiger partial charge >= 0.3 is 0 Å². The monoisotopic (exact) mass is 306 g/mol. The van der Waals surface area contributed by atoms with Gasteiger partial charge in [0.1, 0.15) is 0 Å². The van der Waals surface area contributed by atoms with Crippen LogP contribution in [0.4, 0.5) is 0 Å². The van der Waals surface area contributed by atoms with Crippen LogP contribution in [0.25, 0.3) is 0 Å². The number of aromatic nitrogens is 1. The van der Waals surface area contributed by atoms with Crippen molar-refractivity contribution in [2.75, 3.05) is 12.3 Å². The standard InChI is InChI=1S/C16H22N2O2S/c1-13-12-16(14(2)18-13)8-10-17-21(19,20)11-9-15-6-4-3-5-7-15/h3-7,12,17-18H,8-11H2,1-2H3. The number of hydrogen-bond acceptors (Lipinski definition) is 2. The molecule has 0 radical (unpaired) electrons. The molecule has 1 heterocycles. The van der Waals surface area contributed by atoms with Gasteiger partial charge < -0.3 is 4.98 Å². The van der Waals surface area contributed by atoms with Crippen LogP contribution in [0.3, 0.4) is 0 Å². The van der Waals surface area contributed by atoms with E-state index in [0.29, 0.717) is 19.4 Å². The van der Waals surface area contributed by atoms with Gasteiger partial charge in [0.25, 0.3) is 0 Å². The predicted molar refractivity (Wildman–Crippen MR) is 85.9 cm³/mol. The fourth-order valence-electron chi connectivity index (χ4n) is 2.35. The first-order chi connectivity index (χ1) is 9.96. The maximum atomic E-state index is 12.0. The first-order valence-electron chi connectivity index (χ1n) is 7.12. The minimum Gasteiger partial charge on any atom is -0.362 e. The van der Waals surface area contributed by atoms with E-state index in [1.165, 1.54) is 5.56 Å². The van der Waals surface area contributed by atoms with Crippen molar-refractivity contribution in [2.24, 2.45) is 0 Å². The minimum atomic E-state index is -3.22. The third kappa shape index (κ3) is 5.02. The molecule has 1 aromatic heterocycles. The topological polar surface area (TPSA) is 62.0 Å². The Hall–Kier alpha value is -1.59. The van der Waals surface area contributed by atoms with Gasteiger partial charge in [-0.1, -0.05) is 30.3 Å². The molecule has 0 fully saturated rings. The Morgan fingerprint density at radius 1 is 1.10 bits per heavy atom. The first-order valence-corrected chi connectivity index (χ1v) is 8.78. The van der Waals surface area contributed by atoms with Crippen LogP contribution in [0.5, 0.6) is 0 Å². The Morgan fingerprint density at radius 3 is 2.43 bits per heavy atom. The molecule has 0 aliphatic rings. The van der Waals surface area contributed by atoms with Gasteiger partial charge in [-0.15, -0.1) is 0 Å². The number of nitrogens with one attached hydrogen (secondary N) is 2. The number of hydrogen-bond donors (Lipinski definition) is 2. The molecular weight excluding hydrogens is 284 g/mol. The zero-order chi connectivity index (χ0) is 15.3. The summed E-state index contributed by atoms with van der Waals surface area (Å²) in [6.07, 6.45) is 1.25. The van der Waals surface area contributed by atoms with E-state index in [0.717, 1.165) is 17.0 Å². The van der Waals surface area contributed by atoms with Crippen LogP contribution < -0.4 is 4.72 Å². The number of H-pyrrole nitrogens is 1. The number of aryl methyl sites for hydroxylation is 3. The molecule has 21 heavy (non-hydrogen) atoms. The second-order valence-corrected chi connectivity index (χ2v) is 7.23. The average Bonchev–Trinajstić information content (AvgIpc) is 2.76. The highest BCUT2D eigenvalue weighted by Crippen LogP contribution is 2.09. The van der Waals surface area contributed by atoms with Crippen LogP contribution in [-0.4, -0.2) is 25.7 Å². The molecule has 0 unspecified atom stereocenters. The zero-order valence-corrected chi connectivity index (χ0v) is 13.3. The molecule has 0 amide bonds. The van der Waals surface area contributed by atoms with Crippen molar-refractivity contribution in [3.05, 3.63) is 58.9 Å². The summed E-state index contributed by atoms with van der Waals surface area (Å²) in [5.41, 5.74) is 4.42. The van der Waals surface area contributed by atoms with E-state index >= 15 is 0 Å². The fraction of sp³-hybridized carbons (Fsp3) is 0.375. The lowest BCUT2D eigenvalue weighted by Crippen LogP contribution is -2.29. The van der Waals surface area contributed by atoms with Crippen molar-refractivity contribution in [3.63, 3.8) is 0 Å². The third-order valence-electron chi connectivity index (χ3n) is 3.48. The Balaban J connectivity index is 1.80. The number of benzene rings is 1. The maximum Gasteiger partial charge on any atom is 0.211 e. The van der Waals surface area contributed by atoms with Crippen molar-refractivity contribution >= 4 is 10.0 Å². The molecule has 2 N–H and O–H groups in total. The SMILES string of the molecule is Cc1cc(CCNS(=O)(=O)CCc2ccccc2)c(C)[nH]1. The van der Waals surface area contributed by atoms with E-state index in [2.05, 4.69) is 15.8 Å². The molecule has 1 aromatic carbocycles. The smallest absolute Gasteiger partial charge is 0.211 e. The van der Waals surface area contributed by atoms with Gasteiger partial charge in [-0.3, -0.25) is 0 Å². The average molecular weight is 306 g/mol. The van der Waals surface area contributed by atoms with Crippen molar-refractivity contribution < 1.29 is 8.42 Å². The van der Waals surface area contributed by atoms with E-state index in [1.54, 1.807) is 0 Å². The highest BCUT2D eigenvalue weighted by molar-refractivity contribution is 7.89. The van der Waals surface area contributed by atoms with Crippen molar-refractivity contribution in [1.82, 2.24) is 9.71 Å². The molecular formula is C16H22N2O2S. The van der Waals surface area contributed by atoms with Gasteiger partial charge in [0, 0.05) is 17.9 Å². The van der Waals surface area contributed by atoms with Gasteiger partial charge in [0.2, 0.25) is 10.0 Å². The normalized spacial score (nSPS) is 11.7. The zero-order valence-electron chi connectivity index (χ0n) is 12.5. The van der Waals surface area contributed by atoms with Crippen molar-refractivity contribution in [1.29, 1.82) is 0 Å². The summed E-state index contributed by atoms with van der Waals surface area (Å²) in [7, 11) is -3.22. The molecule has 0 aliphatic carbocycles. The van der Waals surface area contributed by atoms with E-state index in [9.17, 15) is 8.42 Å². The van der Waals surface area contributed by atoms with Crippen LogP contribution in [0.1, 0.15) is 22.5 Å². The summed E-state index contributed by atoms with van der Waals surface area (Å²) in [4.78, 5) is 3.22.